The summed E-state index contributed by atoms with van der Waals surface area (Å²) in [6, 6.07) is 23.8. The van der Waals surface area contributed by atoms with Gasteiger partial charge >= 0.3 is 0 Å². The molecule has 7 aromatic rings. The molecule has 9 rings (SSSR count). The quantitative estimate of drug-likeness (QED) is 0.103. The van der Waals surface area contributed by atoms with Gasteiger partial charge in [-0.2, -0.15) is 0 Å². The highest BCUT2D eigenvalue weighted by atomic mass is 79.9. The average molecular weight is 1180 g/mol. The van der Waals surface area contributed by atoms with Crippen LogP contribution in [0.25, 0.3) is 0 Å². The second-order valence-corrected chi connectivity index (χ2v) is 23.6. The van der Waals surface area contributed by atoms with Gasteiger partial charge in [0.25, 0.3) is 11.8 Å². The molecule has 0 radical (unpaired) electrons. The first-order valence-corrected chi connectivity index (χ1v) is 28.1. The Morgan fingerprint density at radius 3 is 1.44 bits per heavy atom. The molecule has 17 nitrogen and oxygen atoms in total. The van der Waals surface area contributed by atoms with Crippen molar-refractivity contribution < 1.29 is 26.4 Å². The van der Waals surface area contributed by atoms with E-state index in [1.165, 1.54) is 28.7 Å². The third kappa shape index (κ3) is 15.1. The summed E-state index contributed by atoms with van der Waals surface area (Å²) < 4.78 is 49.6. The van der Waals surface area contributed by atoms with Gasteiger partial charge in [-0.25, -0.2) is 31.8 Å². The maximum atomic E-state index is 12.8. The van der Waals surface area contributed by atoms with E-state index in [4.69, 9.17) is 51.3 Å². The number of aryl methyl sites for hydroxylation is 5. The van der Waals surface area contributed by atoms with Crippen molar-refractivity contribution in [2.75, 3.05) is 48.7 Å². The van der Waals surface area contributed by atoms with Crippen LogP contribution in [-0.4, -0.2) is 90.0 Å². The van der Waals surface area contributed by atoms with Crippen LogP contribution in [0.15, 0.2) is 99.2 Å². The monoisotopic (exact) mass is 1180 g/mol. The van der Waals surface area contributed by atoms with E-state index >= 15 is 0 Å². The number of rotatable bonds is 8. The lowest BCUT2D eigenvalue weighted by molar-refractivity contribution is 0.0809. The third-order valence-corrected chi connectivity index (χ3v) is 15.3. The predicted molar refractivity (Wildman–Crippen MR) is 303 cm³/mol. The number of aromatic nitrogens is 5. The van der Waals surface area contributed by atoms with Crippen LogP contribution in [-0.2, 0) is 39.2 Å². The Balaban J connectivity index is 0.000000210. The molecule has 396 valence electrons. The number of nitrogen functional groups attached to an aromatic ring is 2. The molecule has 2 aromatic carbocycles. The smallest absolute Gasteiger partial charge is 0.257 e. The number of hydrogen-bond donors (Lipinski definition) is 4. The second kappa shape index (κ2) is 24.5. The van der Waals surface area contributed by atoms with Crippen LogP contribution in [0, 0.1) is 34.6 Å². The summed E-state index contributed by atoms with van der Waals surface area (Å²) in [5, 5.41) is 6.98. The van der Waals surface area contributed by atoms with Gasteiger partial charge in [-0.05, 0) is 134 Å². The number of nitrogens with one attached hydrogen (secondary N) is 2. The molecule has 0 unspecified atom stereocenters. The number of nitrogens with zero attached hydrogens (tertiary/aromatic N) is 7. The van der Waals surface area contributed by atoms with Gasteiger partial charge in [0.2, 0.25) is 0 Å². The van der Waals surface area contributed by atoms with Crippen molar-refractivity contribution in [1.29, 1.82) is 0 Å². The summed E-state index contributed by atoms with van der Waals surface area (Å²) >= 11 is 21.3. The zero-order chi connectivity index (χ0) is 54.6. The number of carbonyl (C=O) groups excluding carboxylic acids is 2. The maximum Gasteiger partial charge on any atom is 0.257 e. The number of halogens is 4. The number of anilines is 6. The third-order valence-electron chi connectivity index (χ3n) is 11.5. The Kier molecular flexibility index (Phi) is 19.4. The normalized spacial score (nSPS) is 12.5. The summed E-state index contributed by atoms with van der Waals surface area (Å²) in [5.41, 5.74) is 21.2. The number of carbonyl (C=O) groups is 2. The standard InChI is InChI=1S/C23H23ClN4O3S.C15H13Cl2N3O3S.C7H10N2.C6H7BrN2.CH4/c1-13-5-7-16(25-14(13)2)10-17-11-19(22-20(26-17)12-28(3)23(22)29)27-18-8-6-15(24)9-21(18)32(4,30)31;1-20-7-11-14(15(20)21)10(6-13(17)19-11)18-9-4-3-8(16)5-12(9)24(2,22)23;1-5-3-4-7(8)9-6(5)2;1-4-5(7)2-3-6(8)9-4;/h5-9,11H,10,12H2,1-4H3,(H,26,27);3-6H,7H2,1-2H3,(H,18,19);3-4H,1-2H3,(H2,8,9);2-3H,1H3,(H2,8,9);1H4. The topological polar surface area (TPSA) is 249 Å². The number of sulfone groups is 2. The average Bonchev–Trinajstić information content (AvgIpc) is 3.77. The molecule has 0 aliphatic carbocycles. The Morgan fingerprint density at radius 2 is 1.00 bits per heavy atom. The van der Waals surface area contributed by atoms with E-state index in [-0.39, 0.29) is 34.2 Å². The van der Waals surface area contributed by atoms with E-state index in [1.807, 2.05) is 65.0 Å². The number of nitrogens with two attached hydrogens (primary N) is 2. The lowest BCUT2D eigenvalue weighted by Crippen LogP contribution is -2.18. The molecular weight excluding hydrogens is 1130 g/mol. The predicted octanol–water partition coefficient (Wildman–Crippen LogP) is 10.8. The Labute approximate surface area is 461 Å². The van der Waals surface area contributed by atoms with Gasteiger partial charge in [-0.1, -0.05) is 54.4 Å². The molecule has 23 heteroatoms. The lowest BCUT2D eigenvalue weighted by Gasteiger charge is -2.15. The van der Waals surface area contributed by atoms with Crippen LogP contribution < -0.4 is 22.1 Å². The molecule has 0 fully saturated rings. The summed E-state index contributed by atoms with van der Waals surface area (Å²) in [7, 11) is -3.70. The maximum absolute atomic E-state index is 12.8. The molecule has 5 aromatic heterocycles. The van der Waals surface area contributed by atoms with Crippen molar-refractivity contribution in [2.24, 2.45) is 0 Å². The number of hydrogen-bond acceptors (Lipinski definition) is 15. The van der Waals surface area contributed by atoms with Gasteiger partial charge in [0.15, 0.2) is 19.7 Å². The fourth-order valence-electron chi connectivity index (χ4n) is 7.47. The fourth-order valence-corrected chi connectivity index (χ4v) is 10.1. The molecule has 2 aliphatic rings. The van der Waals surface area contributed by atoms with Crippen molar-refractivity contribution >= 4 is 117 Å². The van der Waals surface area contributed by atoms with Crippen LogP contribution in [0.4, 0.5) is 34.4 Å². The molecule has 0 atom stereocenters. The highest BCUT2D eigenvalue weighted by molar-refractivity contribution is 9.10. The second-order valence-electron chi connectivity index (χ2n) is 17.5. The minimum absolute atomic E-state index is 0. The van der Waals surface area contributed by atoms with Crippen LogP contribution in [0.5, 0.6) is 0 Å². The first-order valence-electron chi connectivity index (χ1n) is 22.4. The molecule has 0 bridgehead atoms. The van der Waals surface area contributed by atoms with Gasteiger partial charge in [0.1, 0.15) is 16.8 Å². The van der Waals surface area contributed by atoms with E-state index in [0.29, 0.717) is 86.5 Å². The van der Waals surface area contributed by atoms with Crippen LogP contribution in [0.1, 0.15) is 79.1 Å². The van der Waals surface area contributed by atoms with Crippen molar-refractivity contribution in [3.05, 3.63) is 167 Å². The van der Waals surface area contributed by atoms with Gasteiger partial charge in [-0.15, -0.1) is 0 Å². The SMILES string of the molecule is C.CN1Cc2nc(Cl)cc(Nc3ccc(Cl)cc3S(C)(=O)=O)c2C1=O.Cc1ccc(Cc2cc(Nc3ccc(Cl)cc3S(C)(=O)=O)c3c(n2)CN(C)C3=O)nc1C.Cc1ccc(N)nc1C.Cc1nc(N)ccc1Br. The highest BCUT2D eigenvalue weighted by Crippen LogP contribution is 2.36. The largest absolute Gasteiger partial charge is 0.384 e. The van der Waals surface area contributed by atoms with Crippen molar-refractivity contribution in [1.82, 2.24) is 34.7 Å². The minimum atomic E-state index is -3.55. The number of amides is 2. The Morgan fingerprint density at radius 1 is 0.560 bits per heavy atom. The van der Waals surface area contributed by atoms with Crippen LogP contribution in [0.3, 0.4) is 0 Å². The van der Waals surface area contributed by atoms with E-state index < -0.39 is 19.7 Å². The van der Waals surface area contributed by atoms with Gasteiger partial charge in [0, 0.05) is 70.3 Å². The zero-order valence-electron chi connectivity index (χ0n) is 41.8. The Hall–Kier alpha value is -6.42. The molecule has 2 aliphatic heterocycles. The highest BCUT2D eigenvalue weighted by Gasteiger charge is 2.32. The summed E-state index contributed by atoms with van der Waals surface area (Å²) in [4.78, 5) is 49.9. The molecule has 6 N–H and O–H groups in total. The summed E-state index contributed by atoms with van der Waals surface area (Å²) in [6.07, 6.45) is 2.70. The minimum Gasteiger partial charge on any atom is -0.384 e. The van der Waals surface area contributed by atoms with Crippen molar-refractivity contribution in [3.8, 4) is 0 Å². The Bertz CT molecular complexity index is 3520. The van der Waals surface area contributed by atoms with Crippen LogP contribution in [0.2, 0.25) is 15.2 Å². The van der Waals surface area contributed by atoms with E-state index in [1.54, 1.807) is 55.4 Å². The molecule has 2 amide bonds. The first-order chi connectivity index (χ1) is 34.6. The molecule has 7 heterocycles. The van der Waals surface area contributed by atoms with E-state index in [0.717, 1.165) is 51.0 Å². The molecule has 0 saturated heterocycles. The van der Waals surface area contributed by atoms with Gasteiger partial charge in [0.05, 0.1) is 73.8 Å². The van der Waals surface area contributed by atoms with Gasteiger partial charge < -0.3 is 31.9 Å². The molecule has 0 spiro atoms. The van der Waals surface area contributed by atoms with Crippen LogP contribution >= 0.6 is 50.7 Å². The number of benzene rings is 2. The van der Waals surface area contributed by atoms with Gasteiger partial charge in [-0.3, -0.25) is 19.6 Å². The fraction of sp³-hybridized carbons (Fsp3) is 0.250. The van der Waals surface area contributed by atoms with E-state index in [9.17, 15) is 26.4 Å². The molecular formula is C52H57BrCl3N11O6S2. The van der Waals surface area contributed by atoms with Crippen molar-refractivity contribution in [3.63, 3.8) is 0 Å². The summed E-state index contributed by atoms with van der Waals surface area (Å²) in [6.45, 7) is 10.6. The molecule has 0 saturated carbocycles. The number of fused-ring (bicyclic) bond motifs is 2. The molecule has 75 heavy (non-hydrogen) atoms. The summed E-state index contributed by atoms with van der Waals surface area (Å²) in [5.74, 6) is 0.793. The first kappa shape index (κ1) is 59.5. The van der Waals surface area contributed by atoms with Crippen molar-refractivity contribution in [2.45, 2.75) is 71.3 Å². The number of pyridine rings is 5. The zero-order valence-corrected chi connectivity index (χ0v) is 47.3. The van der Waals surface area contributed by atoms with E-state index in [2.05, 4.69) is 46.5 Å². The lowest BCUT2D eigenvalue weighted by atomic mass is 10.1.